The first kappa shape index (κ1) is 17.9. The topological polar surface area (TPSA) is 46.2 Å². The second-order valence-electron chi connectivity index (χ2n) is 6.13. The van der Waals surface area contributed by atoms with Crippen molar-refractivity contribution < 1.29 is 8.42 Å². The summed E-state index contributed by atoms with van der Waals surface area (Å²) >= 11 is 0. The van der Waals surface area contributed by atoms with Gasteiger partial charge in [0, 0.05) is 6.04 Å². The van der Waals surface area contributed by atoms with Gasteiger partial charge in [-0.25, -0.2) is 8.42 Å². The summed E-state index contributed by atoms with van der Waals surface area (Å²) in [5.41, 5.74) is 0. The lowest BCUT2D eigenvalue weighted by Crippen LogP contribution is -2.36. The van der Waals surface area contributed by atoms with Gasteiger partial charge in [-0.1, -0.05) is 20.3 Å². The predicted molar refractivity (Wildman–Crippen MR) is 79.7 cm³/mol. The van der Waals surface area contributed by atoms with Crippen LogP contribution >= 0.6 is 0 Å². The normalized spacial score (nSPS) is 16.6. The SMILES string of the molecule is CCCNC(C)C(CC)CCS(=O)(=O)C(C)(C)C. The van der Waals surface area contributed by atoms with E-state index in [0.29, 0.717) is 17.7 Å². The molecule has 0 amide bonds. The van der Waals surface area contributed by atoms with Crippen LogP contribution < -0.4 is 5.32 Å². The van der Waals surface area contributed by atoms with Gasteiger partial charge in [-0.05, 0) is 53.0 Å². The zero-order valence-electron chi connectivity index (χ0n) is 12.9. The van der Waals surface area contributed by atoms with Crippen LogP contribution in [-0.2, 0) is 9.84 Å². The molecule has 0 aliphatic heterocycles. The molecule has 0 saturated heterocycles. The van der Waals surface area contributed by atoms with Crippen molar-refractivity contribution in [2.45, 2.75) is 71.6 Å². The maximum atomic E-state index is 12.1. The first-order valence-electron chi connectivity index (χ1n) is 7.11. The maximum Gasteiger partial charge on any atom is 0.155 e. The third-order valence-electron chi connectivity index (χ3n) is 3.64. The van der Waals surface area contributed by atoms with Gasteiger partial charge >= 0.3 is 0 Å². The fraction of sp³-hybridized carbons (Fsp3) is 1.00. The van der Waals surface area contributed by atoms with Crippen LogP contribution in [0.15, 0.2) is 0 Å². The molecular weight excluding hydrogens is 246 g/mol. The summed E-state index contributed by atoms with van der Waals surface area (Å²) in [6.45, 7) is 12.8. The molecule has 3 nitrogen and oxygen atoms in total. The Hall–Kier alpha value is -0.0900. The van der Waals surface area contributed by atoms with Gasteiger partial charge < -0.3 is 5.32 Å². The summed E-state index contributed by atoms with van der Waals surface area (Å²) in [6.07, 6.45) is 2.90. The lowest BCUT2D eigenvalue weighted by atomic mass is 9.95. The minimum absolute atomic E-state index is 0.299. The van der Waals surface area contributed by atoms with Crippen molar-refractivity contribution in [3.05, 3.63) is 0 Å². The largest absolute Gasteiger partial charge is 0.314 e. The number of hydrogen-bond acceptors (Lipinski definition) is 3. The lowest BCUT2D eigenvalue weighted by Gasteiger charge is -2.26. The molecule has 0 fully saturated rings. The van der Waals surface area contributed by atoms with E-state index in [1.54, 1.807) is 20.8 Å². The summed E-state index contributed by atoms with van der Waals surface area (Å²) < 4.78 is 23.5. The van der Waals surface area contributed by atoms with Gasteiger partial charge in [0.2, 0.25) is 0 Å². The molecule has 2 atom stereocenters. The Morgan fingerprint density at radius 1 is 1.17 bits per heavy atom. The molecule has 0 heterocycles. The summed E-state index contributed by atoms with van der Waals surface area (Å²) in [5.74, 6) is 0.737. The Morgan fingerprint density at radius 2 is 1.72 bits per heavy atom. The minimum atomic E-state index is -2.98. The predicted octanol–water partition coefficient (Wildman–Crippen LogP) is 3.00. The Morgan fingerprint density at radius 3 is 2.11 bits per heavy atom. The summed E-state index contributed by atoms with van der Waals surface area (Å²) in [6, 6.07) is 0.394. The Bertz CT molecular complexity index is 317. The minimum Gasteiger partial charge on any atom is -0.314 e. The van der Waals surface area contributed by atoms with Gasteiger partial charge in [0.1, 0.15) is 0 Å². The van der Waals surface area contributed by atoms with E-state index in [4.69, 9.17) is 0 Å². The van der Waals surface area contributed by atoms with Crippen molar-refractivity contribution >= 4 is 9.84 Å². The average Bonchev–Trinajstić information content (AvgIpc) is 2.25. The van der Waals surface area contributed by atoms with Crippen LogP contribution in [0.1, 0.15) is 60.8 Å². The molecule has 0 saturated carbocycles. The number of rotatable bonds is 8. The Balaban J connectivity index is 4.40. The van der Waals surface area contributed by atoms with E-state index in [2.05, 4.69) is 26.1 Å². The van der Waals surface area contributed by atoms with E-state index in [0.717, 1.165) is 25.8 Å². The molecule has 0 radical (unpaired) electrons. The van der Waals surface area contributed by atoms with Crippen LogP contribution in [0.25, 0.3) is 0 Å². The molecule has 0 aromatic rings. The number of nitrogens with one attached hydrogen (secondary N) is 1. The smallest absolute Gasteiger partial charge is 0.155 e. The summed E-state index contributed by atoms with van der Waals surface area (Å²) in [7, 11) is -2.98. The van der Waals surface area contributed by atoms with E-state index in [1.165, 1.54) is 0 Å². The quantitative estimate of drug-likeness (QED) is 0.742. The molecule has 0 spiro atoms. The molecule has 0 rings (SSSR count). The third kappa shape index (κ3) is 5.70. The summed E-state index contributed by atoms with van der Waals surface area (Å²) in [5, 5.41) is 3.46. The highest BCUT2D eigenvalue weighted by Gasteiger charge is 2.29. The fourth-order valence-electron chi connectivity index (χ4n) is 1.96. The summed E-state index contributed by atoms with van der Waals surface area (Å²) in [4.78, 5) is 0. The van der Waals surface area contributed by atoms with Crippen LogP contribution in [-0.4, -0.2) is 31.5 Å². The fourth-order valence-corrected chi connectivity index (χ4v) is 3.18. The highest BCUT2D eigenvalue weighted by Crippen LogP contribution is 2.21. The van der Waals surface area contributed by atoms with Crippen molar-refractivity contribution in [2.75, 3.05) is 12.3 Å². The molecular formula is C14H31NO2S. The molecule has 2 unspecified atom stereocenters. The van der Waals surface area contributed by atoms with Gasteiger partial charge in [0.05, 0.1) is 10.5 Å². The standard InChI is InChI=1S/C14H31NO2S/c1-7-10-15-12(3)13(8-2)9-11-18(16,17)14(4,5)6/h12-13,15H,7-11H2,1-6H3. The van der Waals surface area contributed by atoms with Crippen LogP contribution in [0, 0.1) is 5.92 Å². The van der Waals surface area contributed by atoms with Gasteiger partial charge in [0.25, 0.3) is 0 Å². The molecule has 18 heavy (non-hydrogen) atoms. The van der Waals surface area contributed by atoms with Crippen molar-refractivity contribution in [2.24, 2.45) is 5.92 Å². The van der Waals surface area contributed by atoms with Gasteiger partial charge in [-0.3, -0.25) is 0 Å². The molecule has 110 valence electrons. The molecule has 0 aromatic heterocycles. The Labute approximate surface area is 114 Å². The van der Waals surface area contributed by atoms with Crippen LogP contribution in [0.4, 0.5) is 0 Å². The second kappa shape index (κ2) is 7.49. The third-order valence-corrected chi connectivity index (χ3v) is 6.28. The second-order valence-corrected chi connectivity index (χ2v) is 8.99. The van der Waals surface area contributed by atoms with Gasteiger partial charge in [-0.2, -0.15) is 0 Å². The molecule has 0 aliphatic rings. The first-order chi connectivity index (χ1) is 8.15. The highest BCUT2D eigenvalue weighted by atomic mass is 32.2. The zero-order valence-corrected chi connectivity index (χ0v) is 13.7. The van der Waals surface area contributed by atoms with Crippen molar-refractivity contribution in [3.63, 3.8) is 0 Å². The lowest BCUT2D eigenvalue weighted by molar-refractivity contribution is 0.354. The first-order valence-corrected chi connectivity index (χ1v) is 8.76. The zero-order chi connectivity index (χ0) is 14.4. The molecule has 0 aliphatic carbocycles. The van der Waals surface area contributed by atoms with Gasteiger partial charge in [0.15, 0.2) is 9.84 Å². The van der Waals surface area contributed by atoms with Crippen LogP contribution in [0.2, 0.25) is 0 Å². The molecule has 0 aromatic carbocycles. The van der Waals surface area contributed by atoms with E-state index in [9.17, 15) is 8.42 Å². The van der Waals surface area contributed by atoms with Crippen molar-refractivity contribution in [1.29, 1.82) is 0 Å². The molecule has 0 bridgehead atoms. The number of sulfone groups is 1. The highest BCUT2D eigenvalue weighted by molar-refractivity contribution is 7.92. The van der Waals surface area contributed by atoms with Crippen molar-refractivity contribution in [1.82, 2.24) is 5.32 Å². The monoisotopic (exact) mass is 277 g/mol. The van der Waals surface area contributed by atoms with Gasteiger partial charge in [-0.15, -0.1) is 0 Å². The van der Waals surface area contributed by atoms with E-state index in [1.807, 2.05) is 0 Å². The average molecular weight is 277 g/mol. The van der Waals surface area contributed by atoms with Crippen molar-refractivity contribution in [3.8, 4) is 0 Å². The van der Waals surface area contributed by atoms with Crippen LogP contribution in [0.3, 0.4) is 0 Å². The number of hydrogen-bond donors (Lipinski definition) is 1. The van der Waals surface area contributed by atoms with E-state index < -0.39 is 14.6 Å². The molecule has 1 N–H and O–H groups in total. The van der Waals surface area contributed by atoms with E-state index in [-0.39, 0.29) is 0 Å². The maximum absolute atomic E-state index is 12.1. The van der Waals surface area contributed by atoms with Crippen LogP contribution in [0.5, 0.6) is 0 Å². The molecule has 4 heteroatoms. The Kier molecular flexibility index (Phi) is 7.45. The van der Waals surface area contributed by atoms with E-state index >= 15 is 0 Å².